The van der Waals surface area contributed by atoms with Gasteiger partial charge in [-0.25, -0.2) is 0 Å². The van der Waals surface area contributed by atoms with Crippen molar-refractivity contribution in [3.05, 3.63) is 33.8 Å². The van der Waals surface area contributed by atoms with Crippen LogP contribution < -0.4 is 5.32 Å². The summed E-state index contributed by atoms with van der Waals surface area (Å²) in [5, 5.41) is 2.92. The van der Waals surface area contributed by atoms with Crippen LogP contribution in [0.3, 0.4) is 0 Å². The maximum Gasteiger partial charge on any atom is 0.325 e. The third-order valence-corrected chi connectivity index (χ3v) is 4.55. The van der Waals surface area contributed by atoms with Gasteiger partial charge in [-0.05, 0) is 18.2 Å². The molecule has 1 aliphatic heterocycles. The molecule has 1 aliphatic rings. The van der Waals surface area contributed by atoms with Crippen LogP contribution in [0.25, 0.3) is 0 Å². The van der Waals surface area contributed by atoms with Crippen molar-refractivity contribution in [1.82, 2.24) is 15.1 Å². The molecule has 1 fully saturated rings. The second-order valence-corrected chi connectivity index (χ2v) is 6.70. The van der Waals surface area contributed by atoms with E-state index in [2.05, 4.69) is 5.32 Å². The molecule has 27 heavy (non-hydrogen) atoms. The average molecular weight is 416 g/mol. The first-order valence-electron chi connectivity index (χ1n) is 8.20. The van der Waals surface area contributed by atoms with E-state index in [9.17, 15) is 19.2 Å². The summed E-state index contributed by atoms with van der Waals surface area (Å²) >= 11 is 11.7. The molecule has 8 nitrogen and oxygen atoms in total. The van der Waals surface area contributed by atoms with Crippen LogP contribution in [-0.2, 0) is 19.1 Å². The summed E-state index contributed by atoms with van der Waals surface area (Å²) in [5.41, 5.74) is 0.174. The predicted molar refractivity (Wildman–Crippen MR) is 98.6 cm³/mol. The molecule has 1 heterocycles. The van der Waals surface area contributed by atoms with Gasteiger partial charge in [0.2, 0.25) is 5.91 Å². The van der Waals surface area contributed by atoms with Crippen molar-refractivity contribution in [3.63, 3.8) is 0 Å². The molecule has 1 saturated heterocycles. The molecule has 0 aliphatic carbocycles. The monoisotopic (exact) mass is 415 g/mol. The summed E-state index contributed by atoms with van der Waals surface area (Å²) in [6.07, 6.45) is 0. The van der Waals surface area contributed by atoms with Gasteiger partial charge in [-0.1, -0.05) is 23.2 Å². The van der Waals surface area contributed by atoms with E-state index in [0.717, 1.165) is 0 Å². The Morgan fingerprint density at radius 3 is 2.30 bits per heavy atom. The molecule has 0 spiro atoms. The van der Waals surface area contributed by atoms with E-state index in [1.165, 1.54) is 30.0 Å². The molecule has 1 aromatic rings. The van der Waals surface area contributed by atoms with Gasteiger partial charge in [0.05, 0.1) is 10.6 Å². The van der Waals surface area contributed by atoms with Gasteiger partial charge in [0.1, 0.15) is 6.54 Å². The summed E-state index contributed by atoms with van der Waals surface area (Å²) in [6.45, 7) is 2.34. The maximum absolute atomic E-state index is 12.0. The second kappa shape index (κ2) is 9.57. The van der Waals surface area contributed by atoms with E-state index in [1.54, 1.807) is 4.90 Å². The lowest BCUT2D eigenvalue weighted by Gasteiger charge is -2.34. The van der Waals surface area contributed by atoms with Gasteiger partial charge in [0, 0.05) is 38.1 Å². The van der Waals surface area contributed by atoms with Crippen molar-refractivity contribution in [2.24, 2.45) is 0 Å². The predicted octanol–water partition coefficient (Wildman–Crippen LogP) is 0.957. The van der Waals surface area contributed by atoms with Crippen LogP contribution in [0.5, 0.6) is 0 Å². The Bertz CT molecular complexity index is 748. The van der Waals surface area contributed by atoms with Crippen molar-refractivity contribution < 1.29 is 23.9 Å². The minimum atomic E-state index is -0.746. The van der Waals surface area contributed by atoms with Crippen LogP contribution in [-0.4, -0.2) is 72.8 Å². The van der Waals surface area contributed by atoms with Crippen LogP contribution in [0.2, 0.25) is 10.0 Å². The van der Waals surface area contributed by atoms with Crippen molar-refractivity contribution in [2.75, 3.05) is 39.3 Å². The fourth-order valence-electron chi connectivity index (χ4n) is 2.48. The Hall–Kier alpha value is -2.32. The lowest BCUT2D eigenvalue weighted by Crippen LogP contribution is -2.51. The third-order valence-electron chi connectivity index (χ3n) is 4.00. The van der Waals surface area contributed by atoms with Gasteiger partial charge in [-0.15, -0.1) is 0 Å². The highest BCUT2D eigenvalue weighted by Gasteiger charge is 2.23. The molecule has 0 aromatic heterocycles. The van der Waals surface area contributed by atoms with E-state index < -0.39 is 25.0 Å². The summed E-state index contributed by atoms with van der Waals surface area (Å²) in [5.74, 6) is -1.69. The van der Waals surface area contributed by atoms with E-state index in [4.69, 9.17) is 27.9 Å². The highest BCUT2D eigenvalue weighted by atomic mass is 35.5. The first-order valence-corrected chi connectivity index (χ1v) is 8.95. The van der Waals surface area contributed by atoms with Crippen molar-refractivity contribution in [3.8, 4) is 0 Å². The molecular weight excluding hydrogens is 397 g/mol. The summed E-state index contributed by atoms with van der Waals surface area (Å²) in [4.78, 5) is 50.2. The highest BCUT2D eigenvalue weighted by Crippen LogP contribution is 2.20. The molecule has 146 valence electrons. The van der Waals surface area contributed by atoms with Crippen molar-refractivity contribution in [2.45, 2.75) is 6.92 Å². The molecule has 2 rings (SSSR count). The van der Waals surface area contributed by atoms with Crippen LogP contribution in [0.15, 0.2) is 18.2 Å². The molecule has 0 unspecified atom stereocenters. The normalized spacial score (nSPS) is 13.9. The molecule has 3 amide bonds. The summed E-state index contributed by atoms with van der Waals surface area (Å²) < 4.78 is 4.89. The minimum Gasteiger partial charge on any atom is -0.454 e. The number of hydrogen-bond donors (Lipinski definition) is 1. The molecule has 10 heteroatoms. The number of ether oxygens (including phenoxy) is 1. The minimum absolute atomic E-state index is 0.0370. The lowest BCUT2D eigenvalue weighted by atomic mass is 10.2. The van der Waals surface area contributed by atoms with Crippen molar-refractivity contribution >= 4 is 46.9 Å². The smallest absolute Gasteiger partial charge is 0.325 e. The average Bonchev–Trinajstić information content (AvgIpc) is 2.64. The van der Waals surface area contributed by atoms with E-state index in [0.29, 0.717) is 31.2 Å². The van der Waals surface area contributed by atoms with Crippen LogP contribution in [0.1, 0.15) is 17.3 Å². The molecule has 0 bridgehead atoms. The maximum atomic E-state index is 12.0. The second-order valence-electron chi connectivity index (χ2n) is 5.85. The number of benzene rings is 1. The number of piperazine rings is 1. The molecule has 0 saturated carbocycles. The SMILES string of the molecule is CC(=O)N1CCN(C(=O)COC(=O)CNC(=O)c2ccc(Cl)cc2Cl)CC1. The van der Waals surface area contributed by atoms with Gasteiger partial charge < -0.3 is 19.9 Å². The van der Waals surface area contributed by atoms with Crippen molar-refractivity contribution in [1.29, 1.82) is 0 Å². The van der Waals surface area contributed by atoms with Gasteiger partial charge in [0.25, 0.3) is 11.8 Å². The number of esters is 1. The van der Waals surface area contributed by atoms with E-state index in [1.807, 2.05) is 0 Å². The zero-order valence-corrected chi connectivity index (χ0v) is 16.2. The fourth-order valence-corrected chi connectivity index (χ4v) is 2.97. The molecular formula is C17H19Cl2N3O5. The van der Waals surface area contributed by atoms with Gasteiger partial charge in [-0.3, -0.25) is 19.2 Å². The molecule has 0 radical (unpaired) electrons. The summed E-state index contributed by atoms with van der Waals surface area (Å²) in [6, 6.07) is 4.36. The molecule has 1 N–H and O–H groups in total. The Balaban J connectivity index is 1.72. The van der Waals surface area contributed by atoms with E-state index in [-0.39, 0.29) is 22.4 Å². The number of nitrogens with one attached hydrogen (secondary N) is 1. The fraction of sp³-hybridized carbons (Fsp3) is 0.412. The topological polar surface area (TPSA) is 96.0 Å². The largest absolute Gasteiger partial charge is 0.454 e. The van der Waals surface area contributed by atoms with Gasteiger partial charge >= 0.3 is 5.97 Å². The van der Waals surface area contributed by atoms with E-state index >= 15 is 0 Å². The number of amides is 3. The molecule has 1 aromatic carbocycles. The quantitative estimate of drug-likeness (QED) is 0.722. The van der Waals surface area contributed by atoms with Gasteiger partial charge in [0.15, 0.2) is 6.61 Å². The van der Waals surface area contributed by atoms with Crippen LogP contribution >= 0.6 is 23.2 Å². The number of nitrogens with zero attached hydrogens (tertiary/aromatic N) is 2. The third kappa shape index (κ3) is 6.11. The van der Waals surface area contributed by atoms with Gasteiger partial charge in [-0.2, -0.15) is 0 Å². The number of hydrogen-bond acceptors (Lipinski definition) is 5. The first kappa shape index (κ1) is 21.0. The number of rotatable bonds is 5. The Kier molecular flexibility index (Phi) is 7.44. The Morgan fingerprint density at radius 2 is 1.70 bits per heavy atom. The summed E-state index contributed by atoms with van der Waals surface area (Å²) in [7, 11) is 0. The Labute approximate surface area is 166 Å². The highest BCUT2D eigenvalue weighted by molar-refractivity contribution is 6.36. The lowest BCUT2D eigenvalue weighted by molar-refractivity contribution is -0.152. The first-order chi connectivity index (χ1) is 12.8. The van der Waals surface area contributed by atoms with Crippen LogP contribution in [0.4, 0.5) is 0 Å². The number of carbonyl (C=O) groups is 4. The zero-order chi connectivity index (χ0) is 20.0. The number of carbonyl (C=O) groups excluding carboxylic acids is 4. The van der Waals surface area contributed by atoms with Crippen LogP contribution in [0, 0.1) is 0 Å². The Morgan fingerprint density at radius 1 is 1.07 bits per heavy atom. The zero-order valence-electron chi connectivity index (χ0n) is 14.7. The standard InChI is InChI=1S/C17H19Cl2N3O5/c1-11(23)21-4-6-22(7-5-21)15(24)10-27-16(25)9-20-17(26)13-3-2-12(18)8-14(13)19/h2-3,8H,4-7,9-10H2,1H3,(H,20,26). The molecule has 0 atom stereocenters. The number of halogens is 2.